The highest BCUT2D eigenvalue weighted by molar-refractivity contribution is 6.10. The summed E-state index contributed by atoms with van der Waals surface area (Å²) >= 11 is 0. The van der Waals surface area contributed by atoms with Crippen LogP contribution in [0.2, 0.25) is 0 Å². The first-order chi connectivity index (χ1) is 31.3. The number of benzene rings is 10. The second-order valence-corrected chi connectivity index (χ2v) is 16.5. The topological polar surface area (TPSA) is 8.17 Å². The lowest BCUT2D eigenvalue weighted by Gasteiger charge is -2.34. The molecule has 1 aromatic heterocycles. The SMILES string of the molecule is c1ccc(N(c2ccccc2)c2cccc(-c3cccc(-c4ccc5c(c4)c4ccccc4n5-c4ccc5c(c4)C(c4ccccc4)(c4ccccc4)c4ccccc4-5)c3)c2)cc1. The maximum atomic E-state index is 2.46. The highest BCUT2D eigenvalue weighted by Gasteiger charge is 2.46. The zero-order chi connectivity index (χ0) is 41.7. The van der Waals surface area contributed by atoms with Gasteiger partial charge in [-0.2, -0.15) is 0 Å². The number of anilines is 3. The molecule has 0 saturated heterocycles. The summed E-state index contributed by atoms with van der Waals surface area (Å²) in [5, 5.41) is 2.47. The molecule has 2 nitrogen and oxygen atoms in total. The van der Waals surface area contributed by atoms with Crippen molar-refractivity contribution in [2.24, 2.45) is 0 Å². The third-order valence-corrected chi connectivity index (χ3v) is 13.0. The van der Waals surface area contributed by atoms with Crippen molar-refractivity contribution in [3.63, 3.8) is 0 Å². The zero-order valence-electron chi connectivity index (χ0n) is 34.6. The third kappa shape index (κ3) is 5.95. The van der Waals surface area contributed by atoms with Crippen molar-refractivity contribution in [1.82, 2.24) is 4.57 Å². The Bertz CT molecular complexity index is 3360. The lowest BCUT2D eigenvalue weighted by atomic mass is 9.67. The normalized spacial score (nSPS) is 12.6. The first kappa shape index (κ1) is 36.6. The Hall–Kier alpha value is -8.20. The van der Waals surface area contributed by atoms with E-state index < -0.39 is 5.41 Å². The molecule has 0 bridgehead atoms. The fourth-order valence-corrected chi connectivity index (χ4v) is 10.3. The van der Waals surface area contributed by atoms with Gasteiger partial charge in [-0.15, -0.1) is 0 Å². The van der Waals surface area contributed by atoms with Gasteiger partial charge in [-0.3, -0.25) is 0 Å². The van der Waals surface area contributed by atoms with Gasteiger partial charge in [0.25, 0.3) is 0 Å². The van der Waals surface area contributed by atoms with E-state index in [1.807, 2.05) is 0 Å². The van der Waals surface area contributed by atoms with E-state index in [9.17, 15) is 0 Å². The van der Waals surface area contributed by atoms with Crippen molar-refractivity contribution in [3.8, 4) is 39.1 Å². The van der Waals surface area contributed by atoms with Crippen molar-refractivity contribution in [1.29, 1.82) is 0 Å². The van der Waals surface area contributed by atoms with Crippen molar-refractivity contribution in [3.05, 3.63) is 277 Å². The van der Waals surface area contributed by atoms with Crippen LogP contribution >= 0.6 is 0 Å². The molecule has 0 spiro atoms. The molecule has 0 N–H and O–H groups in total. The van der Waals surface area contributed by atoms with E-state index in [0.717, 1.165) is 22.7 Å². The van der Waals surface area contributed by atoms with Crippen LogP contribution in [-0.4, -0.2) is 4.57 Å². The van der Waals surface area contributed by atoms with Gasteiger partial charge < -0.3 is 9.47 Å². The Kier molecular flexibility index (Phi) is 8.76. The molecule has 1 aliphatic carbocycles. The van der Waals surface area contributed by atoms with E-state index in [2.05, 4.69) is 264 Å². The van der Waals surface area contributed by atoms with E-state index >= 15 is 0 Å². The molecule has 1 heterocycles. The fraction of sp³-hybridized carbons (Fsp3) is 0.0164. The molecule has 0 aliphatic heterocycles. The van der Waals surface area contributed by atoms with Gasteiger partial charge >= 0.3 is 0 Å². The predicted molar refractivity (Wildman–Crippen MR) is 264 cm³/mol. The summed E-state index contributed by atoms with van der Waals surface area (Å²) in [7, 11) is 0. The van der Waals surface area contributed by atoms with Gasteiger partial charge in [0.1, 0.15) is 0 Å². The van der Waals surface area contributed by atoms with Gasteiger partial charge in [0.15, 0.2) is 0 Å². The number of fused-ring (bicyclic) bond motifs is 6. The van der Waals surface area contributed by atoms with Crippen molar-refractivity contribution >= 4 is 38.9 Å². The summed E-state index contributed by atoms with van der Waals surface area (Å²) in [6.45, 7) is 0. The minimum absolute atomic E-state index is 0.470. The number of para-hydroxylation sites is 3. The van der Waals surface area contributed by atoms with Crippen LogP contribution in [0.4, 0.5) is 17.1 Å². The molecule has 0 unspecified atom stereocenters. The van der Waals surface area contributed by atoms with Crippen LogP contribution in [0.1, 0.15) is 22.3 Å². The average molecular weight is 803 g/mol. The summed E-state index contributed by atoms with van der Waals surface area (Å²) in [4.78, 5) is 2.32. The first-order valence-corrected chi connectivity index (χ1v) is 21.8. The molecule has 0 saturated carbocycles. The summed E-state index contributed by atoms with van der Waals surface area (Å²) in [6, 6.07) is 93.1. The molecule has 0 fully saturated rings. The highest BCUT2D eigenvalue weighted by atomic mass is 15.1. The standard InChI is InChI=1S/C61H42N2/c1-5-22-47(23-6-1)61(48-24-7-2-8-25-48)57-33-15-13-31-53(57)54-37-36-52(42-58(54)61)63-59-34-16-14-32-55(59)56-41-46(35-38-60(56)63)44-20-17-19-43(39-44)45-21-18-30-51(40-45)62(49-26-9-3-10-27-49)50-28-11-4-12-29-50/h1-42H. The smallest absolute Gasteiger partial charge is 0.0714 e. The maximum absolute atomic E-state index is 2.46. The lowest BCUT2D eigenvalue weighted by Crippen LogP contribution is -2.28. The van der Waals surface area contributed by atoms with Crippen molar-refractivity contribution in [2.75, 3.05) is 4.90 Å². The molecule has 0 radical (unpaired) electrons. The quantitative estimate of drug-likeness (QED) is 0.149. The lowest BCUT2D eigenvalue weighted by molar-refractivity contribution is 0.767. The molecular formula is C61H42N2. The van der Waals surface area contributed by atoms with Gasteiger partial charge in [-0.25, -0.2) is 0 Å². The monoisotopic (exact) mass is 802 g/mol. The number of aromatic nitrogens is 1. The van der Waals surface area contributed by atoms with Gasteiger partial charge in [-0.05, 0) is 128 Å². The number of nitrogens with zero attached hydrogens (tertiary/aromatic N) is 2. The van der Waals surface area contributed by atoms with Gasteiger partial charge in [0.05, 0.1) is 16.4 Å². The Morgan fingerprint density at radius 3 is 1.49 bits per heavy atom. The summed E-state index contributed by atoms with van der Waals surface area (Å²) in [5.41, 5.74) is 18.9. The fourth-order valence-electron chi connectivity index (χ4n) is 10.3. The first-order valence-electron chi connectivity index (χ1n) is 21.8. The third-order valence-electron chi connectivity index (χ3n) is 13.0. The molecule has 0 amide bonds. The van der Waals surface area contributed by atoms with Crippen LogP contribution in [0.25, 0.3) is 60.9 Å². The Balaban J connectivity index is 0.979. The summed E-state index contributed by atoms with van der Waals surface area (Å²) in [5.74, 6) is 0. The van der Waals surface area contributed by atoms with E-state index in [1.54, 1.807) is 0 Å². The summed E-state index contributed by atoms with van der Waals surface area (Å²) in [6.07, 6.45) is 0. The summed E-state index contributed by atoms with van der Waals surface area (Å²) < 4.78 is 2.46. The average Bonchev–Trinajstić information content (AvgIpc) is 3.85. The maximum Gasteiger partial charge on any atom is 0.0714 e. The van der Waals surface area contributed by atoms with Crippen LogP contribution in [0.5, 0.6) is 0 Å². The van der Waals surface area contributed by atoms with E-state index in [4.69, 9.17) is 0 Å². The largest absolute Gasteiger partial charge is 0.310 e. The van der Waals surface area contributed by atoms with Crippen LogP contribution in [0, 0.1) is 0 Å². The number of rotatable bonds is 8. The second kappa shape index (κ2) is 15.1. The van der Waals surface area contributed by atoms with Gasteiger partial charge in [-0.1, -0.05) is 182 Å². The van der Waals surface area contributed by atoms with Crippen LogP contribution < -0.4 is 4.90 Å². The second-order valence-electron chi connectivity index (χ2n) is 16.5. The molecular weight excluding hydrogens is 761 g/mol. The van der Waals surface area contributed by atoms with E-state index in [-0.39, 0.29) is 0 Å². The number of hydrogen-bond donors (Lipinski definition) is 0. The predicted octanol–water partition coefficient (Wildman–Crippen LogP) is 16.0. The Morgan fingerprint density at radius 1 is 0.302 bits per heavy atom. The molecule has 0 atom stereocenters. The number of hydrogen-bond acceptors (Lipinski definition) is 1. The van der Waals surface area contributed by atoms with Crippen LogP contribution in [-0.2, 0) is 5.41 Å². The van der Waals surface area contributed by atoms with Gasteiger partial charge in [0, 0.05) is 33.5 Å². The Labute approximate surface area is 368 Å². The van der Waals surface area contributed by atoms with Gasteiger partial charge in [0.2, 0.25) is 0 Å². The molecule has 10 aromatic carbocycles. The van der Waals surface area contributed by atoms with E-state index in [0.29, 0.717) is 0 Å². The van der Waals surface area contributed by atoms with E-state index in [1.165, 1.54) is 77.4 Å². The Morgan fingerprint density at radius 2 is 0.810 bits per heavy atom. The van der Waals surface area contributed by atoms with Crippen LogP contribution in [0.3, 0.4) is 0 Å². The van der Waals surface area contributed by atoms with Crippen molar-refractivity contribution in [2.45, 2.75) is 5.41 Å². The minimum Gasteiger partial charge on any atom is -0.310 e. The molecule has 296 valence electrons. The minimum atomic E-state index is -0.470. The van der Waals surface area contributed by atoms with Crippen molar-refractivity contribution < 1.29 is 0 Å². The van der Waals surface area contributed by atoms with Crippen LogP contribution in [0.15, 0.2) is 255 Å². The molecule has 11 aromatic rings. The molecule has 12 rings (SSSR count). The molecule has 2 heteroatoms. The highest BCUT2D eigenvalue weighted by Crippen LogP contribution is 2.56. The zero-order valence-corrected chi connectivity index (χ0v) is 34.6. The molecule has 63 heavy (non-hydrogen) atoms. The molecule has 1 aliphatic rings.